The van der Waals surface area contributed by atoms with Crippen molar-refractivity contribution in [3.63, 3.8) is 0 Å². The predicted molar refractivity (Wildman–Crippen MR) is 110 cm³/mol. The lowest BCUT2D eigenvalue weighted by molar-refractivity contribution is -0.124. The lowest BCUT2D eigenvalue weighted by atomic mass is 10.1. The highest BCUT2D eigenvalue weighted by molar-refractivity contribution is 7.22. The van der Waals surface area contributed by atoms with Gasteiger partial charge >= 0.3 is 0 Å². The summed E-state index contributed by atoms with van der Waals surface area (Å²) in [7, 11) is 0. The van der Waals surface area contributed by atoms with E-state index < -0.39 is 6.04 Å². The highest BCUT2D eigenvalue weighted by Crippen LogP contribution is 2.32. The van der Waals surface area contributed by atoms with Crippen LogP contribution in [0.25, 0.3) is 21.3 Å². The van der Waals surface area contributed by atoms with Crippen LogP contribution in [0.3, 0.4) is 0 Å². The Morgan fingerprint density at radius 2 is 2.11 bits per heavy atom. The van der Waals surface area contributed by atoms with Crippen molar-refractivity contribution in [3.05, 3.63) is 48.0 Å². The minimum absolute atomic E-state index is 0.0596. The van der Waals surface area contributed by atoms with E-state index >= 15 is 0 Å². The number of rotatable bonds is 3. The Balaban J connectivity index is 1.50. The molecule has 28 heavy (non-hydrogen) atoms. The zero-order chi connectivity index (χ0) is 19.3. The third-order valence-corrected chi connectivity index (χ3v) is 5.86. The first-order valence-electron chi connectivity index (χ1n) is 9.09. The number of imidazole rings is 1. The minimum Gasteiger partial charge on any atom is -0.300 e. The molecule has 0 fully saturated rings. The van der Waals surface area contributed by atoms with Crippen LogP contribution in [0.1, 0.15) is 24.9 Å². The molecule has 1 unspecified atom stereocenters. The largest absolute Gasteiger partial charge is 0.300 e. The third kappa shape index (κ3) is 2.73. The van der Waals surface area contributed by atoms with E-state index in [1.54, 1.807) is 4.57 Å². The van der Waals surface area contributed by atoms with E-state index in [-0.39, 0.29) is 18.2 Å². The maximum absolute atomic E-state index is 13.0. The van der Waals surface area contributed by atoms with Gasteiger partial charge in [-0.05, 0) is 36.2 Å². The summed E-state index contributed by atoms with van der Waals surface area (Å²) in [5.41, 5.74) is 3.64. The summed E-state index contributed by atoms with van der Waals surface area (Å²) in [6.07, 6.45) is 1.01. The molecule has 140 valence electrons. The molecule has 0 radical (unpaired) electrons. The van der Waals surface area contributed by atoms with Gasteiger partial charge in [-0.2, -0.15) is 0 Å². The minimum atomic E-state index is -0.672. The van der Waals surface area contributed by atoms with Crippen LogP contribution in [0.4, 0.5) is 11.1 Å². The van der Waals surface area contributed by atoms with E-state index in [2.05, 4.69) is 33.6 Å². The highest BCUT2D eigenvalue weighted by Gasteiger charge is 2.33. The Morgan fingerprint density at radius 1 is 1.25 bits per heavy atom. The summed E-state index contributed by atoms with van der Waals surface area (Å²) < 4.78 is 2.82. The number of nitrogens with one attached hydrogen (secondary N) is 2. The molecule has 0 spiro atoms. The molecule has 2 aromatic heterocycles. The molecule has 0 saturated carbocycles. The Bertz CT molecular complexity index is 1240. The summed E-state index contributed by atoms with van der Waals surface area (Å²) in [5, 5.41) is 6.18. The first kappa shape index (κ1) is 16.9. The quantitative estimate of drug-likeness (QED) is 0.557. The molecular formula is C20H17N5O2S. The van der Waals surface area contributed by atoms with Crippen LogP contribution in [0.15, 0.2) is 42.5 Å². The number of hydrogen-bond donors (Lipinski definition) is 2. The summed E-state index contributed by atoms with van der Waals surface area (Å²) in [4.78, 5) is 34.1. The number of para-hydroxylation sites is 2. The number of carbonyl (C=O) groups is 2. The normalized spacial score (nSPS) is 16.2. The van der Waals surface area contributed by atoms with Crippen LogP contribution >= 0.6 is 11.3 Å². The van der Waals surface area contributed by atoms with E-state index in [9.17, 15) is 9.59 Å². The number of anilines is 2. The summed E-state index contributed by atoms with van der Waals surface area (Å²) >= 11 is 1.44. The topological polar surface area (TPSA) is 88.9 Å². The second-order valence-electron chi connectivity index (χ2n) is 6.73. The Labute approximate surface area is 164 Å². The maximum Gasteiger partial charge on any atom is 0.249 e. The van der Waals surface area contributed by atoms with Crippen molar-refractivity contribution in [2.24, 2.45) is 0 Å². The molecule has 3 heterocycles. The summed E-state index contributed by atoms with van der Waals surface area (Å²) in [5.74, 6) is -0.0941. The summed E-state index contributed by atoms with van der Waals surface area (Å²) in [6, 6.07) is 13.0. The predicted octanol–water partition coefficient (Wildman–Crippen LogP) is 3.73. The van der Waals surface area contributed by atoms with Crippen molar-refractivity contribution in [3.8, 4) is 0 Å². The lowest BCUT2D eigenvalue weighted by Crippen LogP contribution is -2.35. The standard InChI is InChI=1S/C20H17N5O2S/c1-2-11-7-8-13-16(9-11)28-20(22-13)24-18(27)15-10-17(26)23-19-21-12-5-3-4-6-14(12)25(15)19/h3-9,15H,2,10H2,1H3,(H,21,23,26)(H,22,24,27). The highest BCUT2D eigenvalue weighted by atomic mass is 32.1. The number of aryl methyl sites for hydroxylation is 1. The van der Waals surface area contributed by atoms with Crippen molar-refractivity contribution in [2.75, 3.05) is 10.6 Å². The van der Waals surface area contributed by atoms with Gasteiger partial charge in [0.05, 0.1) is 27.7 Å². The van der Waals surface area contributed by atoms with Gasteiger partial charge < -0.3 is 5.32 Å². The van der Waals surface area contributed by atoms with Crippen LogP contribution in [-0.2, 0) is 16.0 Å². The van der Waals surface area contributed by atoms with E-state index in [4.69, 9.17) is 0 Å². The molecule has 4 aromatic rings. The van der Waals surface area contributed by atoms with Gasteiger partial charge in [-0.3, -0.25) is 19.5 Å². The smallest absolute Gasteiger partial charge is 0.249 e. The van der Waals surface area contributed by atoms with Crippen molar-refractivity contribution in [1.29, 1.82) is 0 Å². The molecule has 7 nitrogen and oxygen atoms in total. The van der Waals surface area contributed by atoms with Crippen molar-refractivity contribution < 1.29 is 9.59 Å². The fraction of sp³-hybridized carbons (Fsp3) is 0.200. The molecule has 1 atom stereocenters. The van der Waals surface area contributed by atoms with Gasteiger partial charge in [0.1, 0.15) is 6.04 Å². The van der Waals surface area contributed by atoms with E-state index in [1.807, 2.05) is 36.4 Å². The van der Waals surface area contributed by atoms with Gasteiger partial charge in [0.15, 0.2) is 5.13 Å². The molecule has 2 amide bonds. The number of aromatic nitrogens is 3. The van der Waals surface area contributed by atoms with Gasteiger partial charge in [0.25, 0.3) is 0 Å². The van der Waals surface area contributed by atoms with Crippen LogP contribution in [0, 0.1) is 0 Å². The Kier molecular flexibility index (Phi) is 3.87. The molecule has 2 aromatic carbocycles. The van der Waals surface area contributed by atoms with Gasteiger partial charge in [-0.15, -0.1) is 0 Å². The molecule has 0 saturated heterocycles. The monoisotopic (exact) mass is 391 g/mol. The van der Waals surface area contributed by atoms with Gasteiger partial charge in [0.2, 0.25) is 17.8 Å². The van der Waals surface area contributed by atoms with Crippen LogP contribution in [-0.4, -0.2) is 26.3 Å². The summed E-state index contributed by atoms with van der Waals surface area (Å²) in [6.45, 7) is 2.10. The molecule has 2 N–H and O–H groups in total. The first-order chi connectivity index (χ1) is 13.6. The average molecular weight is 391 g/mol. The van der Waals surface area contributed by atoms with E-state index in [0.717, 1.165) is 27.7 Å². The fourth-order valence-electron chi connectivity index (χ4n) is 3.53. The number of nitrogens with zero attached hydrogens (tertiary/aromatic N) is 3. The Morgan fingerprint density at radius 3 is 2.96 bits per heavy atom. The number of carbonyl (C=O) groups excluding carboxylic acids is 2. The maximum atomic E-state index is 13.0. The van der Waals surface area contributed by atoms with Gasteiger partial charge in [-0.1, -0.05) is 36.5 Å². The number of benzene rings is 2. The second-order valence-corrected chi connectivity index (χ2v) is 7.76. The molecule has 1 aliphatic heterocycles. The van der Waals surface area contributed by atoms with Crippen molar-refractivity contribution in [2.45, 2.75) is 25.8 Å². The number of thiazole rings is 1. The van der Waals surface area contributed by atoms with Gasteiger partial charge in [0, 0.05) is 0 Å². The van der Waals surface area contributed by atoms with Crippen LogP contribution < -0.4 is 10.6 Å². The Hall–Kier alpha value is -3.26. The SMILES string of the molecule is CCc1ccc2nc(NC(=O)C3CC(=O)Nc4nc5ccccc5n43)sc2c1. The zero-order valence-corrected chi connectivity index (χ0v) is 15.9. The van der Waals surface area contributed by atoms with E-state index in [1.165, 1.54) is 16.9 Å². The van der Waals surface area contributed by atoms with Crippen molar-refractivity contribution in [1.82, 2.24) is 14.5 Å². The fourth-order valence-corrected chi connectivity index (χ4v) is 4.46. The zero-order valence-electron chi connectivity index (χ0n) is 15.1. The number of hydrogen-bond acceptors (Lipinski definition) is 5. The number of amides is 2. The van der Waals surface area contributed by atoms with Gasteiger partial charge in [-0.25, -0.2) is 9.97 Å². The lowest BCUT2D eigenvalue weighted by Gasteiger charge is -2.24. The molecule has 5 rings (SSSR count). The third-order valence-electron chi connectivity index (χ3n) is 4.93. The second kappa shape index (κ2) is 6.42. The average Bonchev–Trinajstić information content (AvgIpc) is 3.26. The van der Waals surface area contributed by atoms with E-state index in [0.29, 0.717) is 11.1 Å². The molecule has 8 heteroatoms. The molecular weight excluding hydrogens is 374 g/mol. The molecule has 1 aliphatic rings. The van der Waals surface area contributed by atoms with Crippen LogP contribution in [0.2, 0.25) is 0 Å². The molecule has 0 aliphatic carbocycles. The van der Waals surface area contributed by atoms with Crippen LogP contribution in [0.5, 0.6) is 0 Å². The first-order valence-corrected chi connectivity index (χ1v) is 9.91. The number of fused-ring (bicyclic) bond motifs is 4. The van der Waals surface area contributed by atoms with Crippen molar-refractivity contribution >= 4 is 55.5 Å². The molecule has 0 bridgehead atoms.